The molecule has 1 unspecified atom stereocenters. The maximum Gasteiger partial charge on any atom is 0.255 e. The molecule has 8 heteroatoms. The number of carbonyl (C=O) groups excluding carboxylic acids is 1. The van der Waals surface area contributed by atoms with Gasteiger partial charge in [-0.1, -0.05) is 6.92 Å². The van der Waals surface area contributed by atoms with Gasteiger partial charge in [-0.3, -0.25) is 4.79 Å². The molecule has 5 nitrogen and oxygen atoms in total. The van der Waals surface area contributed by atoms with Gasteiger partial charge in [-0.15, -0.1) is 0 Å². The first kappa shape index (κ1) is 16.4. The molecule has 116 valence electrons. The van der Waals surface area contributed by atoms with Gasteiger partial charge in [0.25, 0.3) is 5.91 Å². The Morgan fingerprint density at radius 1 is 1.48 bits per heavy atom. The quantitative estimate of drug-likeness (QED) is 0.855. The van der Waals surface area contributed by atoms with Gasteiger partial charge in [0.1, 0.15) is 10.7 Å². The van der Waals surface area contributed by atoms with Gasteiger partial charge in [-0.05, 0) is 46.8 Å². The molecule has 0 radical (unpaired) electrons. The number of hydrogen-bond acceptors (Lipinski definition) is 3. The number of halogens is 2. The molecule has 1 fully saturated rings. The topological polar surface area (TPSA) is 80.5 Å². The Kier molecular flexibility index (Phi) is 4.69. The first-order chi connectivity index (χ1) is 9.70. The second-order valence-electron chi connectivity index (χ2n) is 5.31. The standard InChI is InChI=1S/C13H16BrFN2O3S/c1-8-3-2-4-17(7-8)13(18)9-5-12(21(16,19)20)11(15)6-10(9)14/h5-6,8H,2-4,7H2,1H3,(H2,16,19,20). The molecule has 2 rings (SSSR count). The summed E-state index contributed by atoms with van der Waals surface area (Å²) in [5.41, 5.74) is 0.106. The molecule has 0 bridgehead atoms. The van der Waals surface area contributed by atoms with Crippen LogP contribution < -0.4 is 5.14 Å². The van der Waals surface area contributed by atoms with Crippen molar-refractivity contribution >= 4 is 31.9 Å². The molecule has 1 heterocycles. The maximum absolute atomic E-state index is 13.7. The molecule has 1 aliphatic rings. The summed E-state index contributed by atoms with van der Waals surface area (Å²) in [6.07, 6.45) is 1.95. The number of carbonyl (C=O) groups is 1. The molecule has 0 spiro atoms. The highest BCUT2D eigenvalue weighted by Gasteiger charge is 2.26. The van der Waals surface area contributed by atoms with Crippen molar-refractivity contribution in [2.45, 2.75) is 24.7 Å². The molecule has 0 aliphatic carbocycles. The molecule has 1 aliphatic heterocycles. The zero-order valence-corrected chi connectivity index (χ0v) is 13.9. The van der Waals surface area contributed by atoms with Crippen LogP contribution in [-0.4, -0.2) is 32.3 Å². The van der Waals surface area contributed by atoms with E-state index in [1.165, 1.54) is 0 Å². The van der Waals surface area contributed by atoms with Crippen LogP contribution in [0.1, 0.15) is 30.1 Å². The van der Waals surface area contributed by atoms with Crippen LogP contribution in [0.3, 0.4) is 0 Å². The van der Waals surface area contributed by atoms with E-state index in [1.807, 2.05) is 0 Å². The highest BCUT2D eigenvalue weighted by atomic mass is 79.9. The number of likely N-dealkylation sites (tertiary alicyclic amines) is 1. The number of rotatable bonds is 2. The highest BCUT2D eigenvalue weighted by molar-refractivity contribution is 9.10. The van der Waals surface area contributed by atoms with Crippen molar-refractivity contribution in [2.24, 2.45) is 11.1 Å². The molecular weight excluding hydrogens is 363 g/mol. The fraction of sp³-hybridized carbons (Fsp3) is 0.462. The van der Waals surface area contributed by atoms with E-state index in [-0.39, 0.29) is 15.9 Å². The van der Waals surface area contributed by atoms with Crippen molar-refractivity contribution in [2.75, 3.05) is 13.1 Å². The van der Waals surface area contributed by atoms with E-state index in [0.717, 1.165) is 25.0 Å². The predicted octanol–water partition coefficient (Wildman–Crippen LogP) is 2.11. The van der Waals surface area contributed by atoms with Gasteiger partial charge in [-0.2, -0.15) is 0 Å². The van der Waals surface area contributed by atoms with E-state index in [9.17, 15) is 17.6 Å². The zero-order chi connectivity index (χ0) is 15.8. The molecule has 21 heavy (non-hydrogen) atoms. The van der Waals surface area contributed by atoms with Crippen molar-refractivity contribution in [1.29, 1.82) is 0 Å². The third kappa shape index (κ3) is 3.61. The summed E-state index contributed by atoms with van der Waals surface area (Å²) in [6.45, 7) is 3.26. The Hall–Kier alpha value is -0.990. The van der Waals surface area contributed by atoms with Crippen molar-refractivity contribution in [1.82, 2.24) is 4.90 Å². The number of primary sulfonamides is 1. The second-order valence-corrected chi connectivity index (χ2v) is 7.69. The number of hydrogen-bond donors (Lipinski definition) is 1. The number of piperidine rings is 1. The van der Waals surface area contributed by atoms with Crippen LogP contribution in [0, 0.1) is 11.7 Å². The first-order valence-corrected chi connectivity index (χ1v) is 8.85. The first-order valence-electron chi connectivity index (χ1n) is 6.51. The minimum absolute atomic E-state index is 0.106. The number of benzene rings is 1. The van der Waals surface area contributed by atoms with E-state index in [0.29, 0.717) is 19.0 Å². The van der Waals surface area contributed by atoms with Crippen molar-refractivity contribution < 1.29 is 17.6 Å². The molecule has 2 N–H and O–H groups in total. The average molecular weight is 379 g/mol. The lowest BCUT2D eigenvalue weighted by Gasteiger charge is -2.31. The van der Waals surface area contributed by atoms with Crippen LogP contribution in [0.15, 0.2) is 21.5 Å². The van der Waals surface area contributed by atoms with E-state index < -0.39 is 20.7 Å². The average Bonchev–Trinajstić information content (AvgIpc) is 2.36. The third-order valence-electron chi connectivity index (χ3n) is 3.50. The Morgan fingerprint density at radius 3 is 2.71 bits per heavy atom. The van der Waals surface area contributed by atoms with E-state index in [4.69, 9.17) is 5.14 Å². The van der Waals surface area contributed by atoms with Gasteiger partial charge in [0.15, 0.2) is 0 Å². The largest absolute Gasteiger partial charge is 0.338 e. The fourth-order valence-electron chi connectivity index (χ4n) is 2.46. The number of amides is 1. The lowest BCUT2D eigenvalue weighted by Crippen LogP contribution is -2.39. The number of sulfonamides is 1. The summed E-state index contributed by atoms with van der Waals surface area (Å²) in [7, 11) is -4.21. The lowest BCUT2D eigenvalue weighted by molar-refractivity contribution is 0.0681. The summed E-state index contributed by atoms with van der Waals surface area (Å²) in [4.78, 5) is 13.5. The molecule has 1 atom stereocenters. The lowest BCUT2D eigenvalue weighted by atomic mass is 9.99. The molecular formula is C13H16BrFN2O3S. The van der Waals surface area contributed by atoms with Crippen LogP contribution >= 0.6 is 15.9 Å². The third-order valence-corrected chi connectivity index (χ3v) is 5.08. The van der Waals surface area contributed by atoms with Gasteiger partial charge in [-0.25, -0.2) is 17.9 Å². The van der Waals surface area contributed by atoms with Gasteiger partial charge >= 0.3 is 0 Å². The Morgan fingerprint density at radius 2 is 2.14 bits per heavy atom. The van der Waals surface area contributed by atoms with Crippen molar-refractivity contribution in [3.63, 3.8) is 0 Å². The monoisotopic (exact) mass is 378 g/mol. The van der Waals surface area contributed by atoms with E-state index in [2.05, 4.69) is 22.9 Å². The zero-order valence-electron chi connectivity index (χ0n) is 11.5. The molecule has 0 aromatic heterocycles. The minimum Gasteiger partial charge on any atom is -0.338 e. The summed E-state index contributed by atoms with van der Waals surface area (Å²) in [6, 6.07) is 1.96. The smallest absolute Gasteiger partial charge is 0.255 e. The van der Waals surface area contributed by atoms with Crippen LogP contribution in [0.2, 0.25) is 0 Å². The van der Waals surface area contributed by atoms with Crippen LogP contribution in [0.5, 0.6) is 0 Å². The van der Waals surface area contributed by atoms with E-state index >= 15 is 0 Å². The highest BCUT2D eigenvalue weighted by Crippen LogP contribution is 2.26. The SMILES string of the molecule is CC1CCCN(C(=O)c2cc(S(N)(=O)=O)c(F)cc2Br)C1. The van der Waals surface area contributed by atoms with Crippen molar-refractivity contribution in [3.8, 4) is 0 Å². The van der Waals surface area contributed by atoms with Gasteiger partial charge < -0.3 is 4.90 Å². The summed E-state index contributed by atoms with van der Waals surface area (Å²) in [5, 5.41) is 4.97. The Labute approximate surface area is 131 Å². The number of nitrogens with zero attached hydrogens (tertiary/aromatic N) is 1. The fourth-order valence-corrected chi connectivity index (χ4v) is 3.55. The van der Waals surface area contributed by atoms with Crippen LogP contribution in [-0.2, 0) is 10.0 Å². The summed E-state index contributed by atoms with van der Waals surface area (Å²) in [5.74, 6) is -0.911. The van der Waals surface area contributed by atoms with Crippen molar-refractivity contribution in [3.05, 3.63) is 28.0 Å². The molecule has 1 amide bonds. The molecule has 1 aromatic rings. The van der Waals surface area contributed by atoms with Crippen LogP contribution in [0.25, 0.3) is 0 Å². The summed E-state index contributed by atoms with van der Waals surface area (Å²) < 4.78 is 36.6. The van der Waals surface area contributed by atoms with E-state index in [1.54, 1.807) is 4.90 Å². The van der Waals surface area contributed by atoms with Gasteiger partial charge in [0.05, 0.1) is 5.56 Å². The van der Waals surface area contributed by atoms with Gasteiger partial charge in [0, 0.05) is 17.6 Å². The minimum atomic E-state index is -4.21. The number of nitrogens with two attached hydrogens (primary N) is 1. The molecule has 1 saturated heterocycles. The normalized spacial score (nSPS) is 19.6. The Balaban J connectivity index is 2.41. The second kappa shape index (κ2) is 6.02. The van der Waals surface area contributed by atoms with Gasteiger partial charge in [0.2, 0.25) is 10.0 Å². The predicted molar refractivity (Wildman–Crippen MR) is 79.8 cm³/mol. The Bertz CT molecular complexity index is 678. The van der Waals surface area contributed by atoms with Crippen LogP contribution in [0.4, 0.5) is 4.39 Å². The summed E-state index contributed by atoms with van der Waals surface area (Å²) >= 11 is 3.11. The molecule has 0 saturated carbocycles. The molecule has 1 aromatic carbocycles. The maximum atomic E-state index is 13.7.